The Morgan fingerprint density at radius 1 is 0.745 bits per heavy atom. The number of para-hydroxylation sites is 1. The molecule has 0 amide bonds. The van der Waals surface area contributed by atoms with Crippen molar-refractivity contribution in [3.8, 4) is 22.3 Å². The van der Waals surface area contributed by atoms with Crippen LogP contribution in [0.3, 0.4) is 0 Å². The number of aromatic nitrogens is 2. The summed E-state index contributed by atoms with van der Waals surface area (Å²) < 4.78 is 16.7. The molecule has 0 radical (unpaired) electrons. The van der Waals surface area contributed by atoms with Crippen LogP contribution in [0, 0.1) is 0 Å². The molecule has 2 aliphatic carbocycles. The van der Waals surface area contributed by atoms with E-state index in [1.54, 1.807) is 11.3 Å². The highest BCUT2D eigenvalue weighted by atomic mass is 32.1. The third-order valence-corrected chi connectivity index (χ3v) is 11.2. The first-order chi connectivity index (χ1) is 25.2. The van der Waals surface area contributed by atoms with Crippen molar-refractivity contribution in [1.29, 1.82) is 0 Å². The van der Waals surface area contributed by atoms with Crippen molar-refractivity contribution in [3.63, 3.8) is 0 Å². The predicted octanol–water partition coefficient (Wildman–Crippen LogP) is 12.5. The van der Waals surface area contributed by atoms with Gasteiger partial charge in [0.15, 0.2) is 0 Å². The molecule has 0 bridgehead atoms. The van der Waals surface area contributed by atoms with Crippen molar-refractivity contribution in [2.45, 2.75) is 31.9 Å². The summed E-state index contributed by atoms with van der Waals surface area (Å²) in [7, 11) is 0. The Labute approximate surface area is 301 Å². The molecule has 0 saturated heterocycles. The van der Waals surface area contributed by atoms with E-state index in [4.69, 9.17) is 4.98 Å². The molecule has 3 nitrogen and oxygen atoms in total. The Kier molecular flexibility index (Phi) is 8.26. The molecule has 51 heavy (non-hydrogen) atoms. The van der Waals surface area contributed by atoms with Crippen molar-refractivity contribution in [3.05, 3.63) is 192 Å². The van der Waals surface area contributed by atoms with Crippen LogP contribution < -0.4 is 4.90 Å². The summed E-state index contributed by atoms with van der Waals surface area (Å²) in [4.78, 5) is 7.39. The van der Waals surface area contributed by atoms with Crippen LogP contribution in [0.25, 0.3) is 43.6 Å². The fourth-order valence-corrected chi connectivity index (χ4v) is 8.33. The van der Waals surface area contributed by atoms with Gasteiger partial charge in [0.1, 0.15) is 11.7 Å². The maximum absolute atomic E-state index is 13.3. The summed E-state index contributed by atoms with van der Waals surface area (Å²) >= 11 is 1.80. The minimum absolute atomic E-state index is 0.272. The maximum Gasteiger partial charge on any atom is 0.115 e. The number of benzene rings is 4. The van der Waals surface area contributed by atoms with Crippen LogP contribution in [-0.4, -0.2) is 9.38 Å². The Morgan fingerprint density at radius 3 is 2.31 bits per heavy atom. The van der Waals surface area contributed by atoms with Gasteiger partial charge in [0.05, 0.1) is 10.2 Å². The number of allylic oxidation sites excluding steroid dienone is 7. The van der Waals surface area contributed by atoms with E-state index in [1.807, 2.05) is 24.3 Å². The van der Waals surface area contributed by atoms with E-state index < -0.39 is 6.67 Å². The van der Waals surface area contributed by atoms with Gasteiger partial charge in [0.25, 0.3) is 0 Å². The molecule has 0 saturated carbocycles. The van der Waals surface area contributed by atoms with Gasteiger partial charge < -0.3 is 9.30 Å². The molecule has 4 aromatic carbocycles. The summed E-state index contributed by atoms with van der Waals surface area (Å²) in [5.74, 6) is 0.272. The average molecular weight is 682 g/mol. The van der Waals surface area contributed by atoms with Crippen LogP contribution in [0.4, 0.5) is 10.1 Å². The SMILES string of the molecule is FCc1cccc(-c2ccc(C3=CC=C(N(C4=CC[C@@H](c5nc6ccccc6s5)C=C4)c4ccc(-c5cc6ccccn6c5)cc4)CC3)cc2)c1. The minimum atomic E-state index is -0.449. The zero-order valence-electron chi connectivity index (χ0n) is 28.1. The molecule has 3 heterocycles. The molecule has 5 heteroatoms. The number of hydrogen-bond donors (Lipinski definition) is 0. The standard InChI is InChI=1S/C46H36FN3S/c47-30-32-6-5-7-38(28-32)35-13-11-33(12-14-35)34-15-21-40(22-16-34)50(41-23-17-36(18-24-41)39-29-43-8-3-4-27-49(43)31-39)42-25-19-37(20-26-42)46-48-44-9-1-2-10-45(44)51-46/h1-15,17-19,21,23-29,31,37H,16,20,22,30H2/t37-/m0/s1. The second kappa shape index (κ2) is 13.5. The topological polar surface area (TPSA) is 20.5 Å². The lowest BCUT2D eigenvalue weighted by Crippen LogP contribution is -2.23. The van der Waals surface area contributed by atoms with Crippen LogP contribution >= 0.6 is 11.3 Å². The highest BCUT2D eigenvalue weighted by molar-refractivity contribution is 7.18. The van der Waals surface area contributed by atoms with Crippen LogP contribution in [0.2, 0.25) is 0 Å². The average Bonchev–Trinajstić information content (AvgIpc) is 3.84. The van der Waals surface area contributed by atoms with Crippen molar-refractivity contribution in [1.82, 2.24) is 9.38 Å². The third kappa shape index (κ3) is 6.26. The molecular formula is C46H36FN3S. The smallest absolute Gasteiger partial charge is 0.115 e. The lowest BCUT2D eigenvalue weighted by molar-refractivity contribution is 0.485. The number of alkyl halides is 1. The number of halogens is 1. The number of pyridine rings is 1. The number of anilines is 1. The van der Waals surface area contributed by atoms with E-state index in [2.05, 4.69) is 149 Å². The number of hydrogen-bond acceptors (Lipinski definition) is 3. The lowest BCUT2D eigenvalue weighted by Gasteiger charge is -2.32. The third-order valence-electron chi connectivity index (χ3n) is 10.0. The van der Waals surface area contributed by atoms with Crippen LogP contribution in [0.5, 0.6) is 0 Å². The molecule has 0 N–H and O–H groups in total. The first kappa shape index (κ1) is 31.2. The molecule has 0 aliphatic heterocycles. The van der Waals surface area contributed by atoms with Gasteiger partial charge in [0.2, 0.25) is 0 Å². The van der Waals surface area contributed by atoms with Crippen molar-refractivity contribution >= 4 is 38.3 Å². The van der Waals surface area contributed by atoms with Gasteiger partial charge in [-0.25, -0.2) is 9.37 Å². The summed E-state index contributed by atoms with van der Waals surface area (Å²) in [6, 6.07) is 42.3. The van der Waals surface area contributed by atoms with Crippen LogP contribution in [-0.2, 0) is 6.67 Å². The van der Waals surface area contributed by atoms with Gasteiger partial charge in [-0.05, 0) is 113 Å². The van der Waals surface area contributed by atoms with Gasteiger partial charge in [-0.1, -0.05) is 91.0 Å². The van der Waals surface area contributed by atoms with Crippen molar-refractivity contribution < 1.29 is 4.39 Å². The van der Waals surface area contributed by atoms with Gasteiger partial charge in [-0.15, -0.1) is 11.3 Å². The van der Waals surface area contributed by atoms with Gasteiger partial charge in [-0.2, -0.15) is 0 Å². The molecule has 9 rings (SSSR count). The monoisotopic (exact) mass is 681 g/mol. The van der Waals surface area contributed by atoms with E-state index in [0.717, 1.165) is 41.6 Å². The molecule has 0 fully saturated rings. The molecule has 3 aromatic heterocycles. The van der Waals surface area contributed by atoms with E-state index in [9.17, 15) is 4.39 Å². The van der Waals surface area contributed by atoms with Crippen LogP contribution in [0.1, 0.15) is 41.3 Å². The highest BCUT2D eigenvalue weighted by Crippen LogP contribution is 2.39. The largest absolute Gasteiger partial charge is 0.323 e. The Balaban J connectivity index is 1.01. The number of thiazole rings is 1. The van der Waals surface area contributed by atoms with E-state index in [0.29, 0.717) is 5.56 Å². The molecule has 1 atom stereocenters. The maximum atomic E-state index is 13.3. The number of nitrogens with zero attached hydrogens (tertiary/aromatic N) is 3. The Bertz CT molecular complexity index is 2430. The Morgan fingerprint density at radius 2 is 1.55 bits per heavy atom. The summed E-state index contributed by atoms with van der Waals surface area (Å²) in [5, 5.41) is 1.17. The fourth-order valence-electron chi connectivity index (χ4n) is 7.27. The second-order valence-corrected chi connectivity index (χ2v) is 14.3. The molecule has 0 spiro atoms. The second-order valence-electron chi connectivity index (χ2n) is 13.3. The van der Waals surface area contributed by atoms with Gasteiger partial charge in [-0.3, -0.25) is 0 Å². The summed E-state index contributed by atoms with van der Waals surface area (Å²) in [6.45, 7) is -0.449. The first-order valence-electron chi connectivity index (χ1n) is 17.6. The van der Waals surface area contributed by atoms with Gasteiger partial charge >= 0.3 is 0 Å². The normalized spacial score (nSPS) is 15.9. The number of rotatable bonds is 8. The van der Waals surface area contributed by atoms with Crippen molar-refractivity contribution in [2.24, 2.45) is 0 Å². The van der Waals surface area contributed by atoms with E-state index >= 15 is 0 Å². The molecule has 2 aliphatic rings. The predicted molar refractivity (Wildman–Crippen MR) is 211 cm³/mol. The zero-order chi connectivity index (χ0) is 34.1. The Hall–Kier alpha value is -5.78. The zero-order valence-corrected chi connectivity index (χ0v) is 28.9. The first-order valence-corrected chi connectivity index (χ1v) is 18.4. The van der Waals surface area contributed by atoms with E-state index in [1.165, 1.54) is 48.9 Å². The van der Waals surface area contributed by atoms with Gasteiger partial charge in [0, 0.05) is 46.5 Å². The lowest BCUT2D eigenvalue weighted by atomic mass is 9.92. The van der Waals surface area contributed by atoms with E-state index in [-0.39, 0.29) is 5.92 Å². The molecular weight excluding hydrogens is 646 g/mol. The quantitative estimate of drug-likeness (QED) is 0.159. The summed E-state index contributed by atoms with van der Waals surface area (Å²) in [5.41, 5.74) is 13.7. The molecule has 7 aromatic rings. The highest BCUT2D eigenvalue weighted by Gasteiger charge is 2.23. The van der Waals surface area contributed by atoms with Crippen LogP contribution in [0.15, 0.2) is 175 Å². The molecule has 0 unspecified atom stereocenters. The molecule has 248 valence electrons. The fraction of sp³-hybridized carbons (Fsp3) is 0.109. The summed E-state index contributed by atoms with van der Waals surface area (Å²) in [6.07, 6.45) is 18.6. The number of fused-ring (bicyclic) bond motifs is 2. The minimum Gasteiger partial charge on any atom is -0.323 e. The van der Waals surface area contributed by atoms with Crippen molar-refractivity contribution in [2.75, 3.05) is 4.90 Å².